The Morgan fingerprint density at radius 3 is 1.76 bits per heavy atom. The summed E-state index contributed by atoms with van der Waals surface area (Å²) in [5.41, 5.74) is -4.08. The van der Waals surface area contributed by atoms with Crippen LogP contribution in [0.25, 0.3) is 0 Å². The minimum absolute atomic E-state index is 0.00787. The van der Waals surface area contributed by atoms with Crippen LogP contribution in [0.15, 0.2) is 0 Å². The summed E-state index contributed by atoms with van der Waals surface area (Å²) in [6, 6.07) is -1.02. The largest absolute Gasteiger partial charge is 0.353 e. The van der Waals surface area contributed by atoms with Crippen molar-refractivity contribution in [3.8, 4) is 0 Å². The van der Waals surface area contributed by atoms with Gasteiger partial charge >= 0.3 is 0 Å². The number of hydrogen-bond acceptors (Lipinski definition) is 8. The zero-order chi connectivity index (χ0) is 32.9. The van der Waals surface area contributed by atoms with Crippen molar-refractivity contribution >= 4 is 41.9 Å². The molecule has 0 saturated carbocycles. The minimum Gasteiger partial charge on any atom is -0.353 e. The maximum Gasteiger partial charge on any atom is 0.246 e. The van der Waals surface area contributed by atoms with Gasteiger partial charge in [-0.1, -0.05) is 13.8 Å². The van der Waals surface area contributed by atoms with Crippen molar-refractivity contribution in [2.24, 2.45) is 5.92 Å². The molecular formula is C27H50N8O7. The van der Waals surface area contributed by atoms with Crippen LogP contribution in [-0.2, 0) is 33.6 Å². The molecule has 7 amide bonds. The Balaban J connectivity index is 5.25. The number of nitrogens with zero attached hydrogens (tertiary/aromatic N) is 1. The molecule has 0 bridgehead atoms. The molecule has 0 rings (SSSR count). The molecule has 0 spiro atoms. The lowest BCUT2D eigenvalue weighted by atomic mass is 9.97. The summed E-state index contributed by atoms with van der Waals surface area (Å²) in [6.07, 6.45) is 0.594. The molecule has 15 heteroatoms. The van der Waals surface area contributed by atoms with Crippen molar-refractivity contribution in [1.29, 1.82) is 0 Å². The second-order valence-corrected chi connectivity index (χ2v) is 12.4. The molecule has 0 saturated heterocycles. The van der Waals surface area contributed by atoms with Crippen LogP contribution in [0.5, 0.6) is 0 Å². The number of rotatable bonds is 18. The quantitative estimate of drug-likeness (QED) is 0.0855. The second kappa shape index (κ2) is 16.6. The van der Waals surface area contributed by atoms with E-state index < -0.39 is 58.7 Å². The first-order chi connectivity index (χ1) is 19.1. The van der Waals surface area contributed by atoms with Crippen LogP contribution in [0, 0.1) is 5.92 Å². The maximum absolute atomic E-state index is 13.2. The molecule has 0 aromatic carbocycles. The number of likely N-dealkylation sites (N-methyl/N-ethyl adjacent to an activating group) is 1. The Bertz CT molecular complexity index is 993. The standard InChI is InChI=1S/C27H50N8O7/c1-17(2)13-18(31-19(37)15-30-23(41)25(3,4)32-20(38)14-28-16-36)21(39)33-27(7,8)24(42)34-26(5,6)22(40)29-11-12-35(9)10/h16-18H,11-15H2,1-10H3,(H,28,36)(H,29,40)(H,30,41)(H,31,37)(H,32,38)(H,33,39)(H,34,42)/t18-/m0/s1. The van der Waals surface area contributed by atoms with Crippen LogP contribution < -0.4 is 37.2 Å². The third-order valence-electron chi connectivity index (χ3n) is 5.98. The van der Waals surface area contributed by atoms with Gasteiger partial charge in [0.15, 0.2) is 0 Å². The predicted octanol–water partition coefficient (Wildman–Crippen LogP) is -2.26. The van der Waals surface area contributed by atoms with E-state index in [1.54, 1.807) is 13.8 Å². The van der Waals surface area contributed by atoms with E-state index in [1.165, 1.54) is 27.7 Å². The van der Waals surface area contributed by atoms with Crippen LogP contribution in [-0.4, -0.2) is 110 Å². The van der Waals surface area contributed by atoms with Crippen molar-refractivity contribution in [3.63, 3.8) is 0 Å². The fraction of sp³-hybridized carbons (Fsp3) is 0.741. The average Bonchev–Trinajstić information content (AvgIpc) is 2.84. The van der Waals surface area contributed by atoms with Crippen molar-refractivity contribution in [2.45, 2.75) is 84.5 Å². The highest BCUT2D eigenvalue weighted by atomic mass is 16.2. The number of hydrogen-bond donors (Lipinski definition) is 7. The Labute approximate surface area is 248 Å². The van der Waals surface area contributed by atoms with Gasteiger partial charge in [-0.25, -0.2) is 0 Å². The smallest absolute Gasteiger partial charge is 0.246 e. The summed E-state index contributed by atoms with van der Waals surface area (Å²) in [5, 5.41) is 17.7. The van der Waals surface area contributed by atoms with Crippen LogP contribution in [0.4, 0.5) is 0 Å². The summed E-state index contributed by atoms with van der Waals surface area (Å²) in [4.78, 5) is 88.1. The first-order valence-corrected chi connectivity index (χ1v) is 13.8. The van der Waals surface area contributed by atoms with Gasteiger partial charge in [-0.05, 0) is 68.0 Å². The molecule has 0 aliphatic heterocycles. The Morgan fingerprint density at radius 2 is 1.24 bits per heavy atom. The molecule has 0 fully saturated rings. The van der Waals surface area contributed by atoms with E-state index in [-0.39, 0.29) is 24.8 Å². The zero-order valence-corrected chi connectivity index (χ0v) is 26.6. The summed E-state index contributed by atoms with van der Waals surface area (Å²) < 4.78 is 0. The molecule has 0 aromatic rings. The van der Waals surface area contributed by atoms with Crippen LogP contribution in [0.2, 0.25) is 0 Å². The Hall–Kier alpha value is -3.75. The van der Waals surface area contributed by atoms with Gasteiger partial charge in [0, 0.05) is 13.1 Å². The van der Waals surface area contributed by atoms with Crippen LogP contribution in [0.3, 0.4) is 0 Å². The summed E-state index contributed by atoms with van der Waals surface area (Å²) in [6.45, 7) is 12.9. The van der Waals surface area contributed by atoms with E-state index in [4.69, 9.17) is 0 Å². The lowest BCUT2D eigenvalue weighted by Crippen LogP contribution is -2.64. The van der Waals surface area contributed by atoms with E-state index in [9.17, 15) is 33.6 Å². The molecule has 0 radical (unpaired) electrons. The van der Waals surface area contributed by atoms with Crippen molar-refractivity contribution < 1.29 is 33.6 Å². The minimum atomic E-state index is -1.44. The van der Waals surface area contributed by atoms with E-state index in [2.05, 4.69) is 37.2 Å². The zero-order valence-electron chi connectivity index (χ0n) is 26.6. The summed E-state index contributed by atoms with van der Waals surface area (Å²) in [7, 11) is 3.74. The molecule has 0 aromatic heterocycles. The second-order valence-electron chi connectivity index (χ2n) is 12.4. The molecule has 0 aliphatic carbocycles. The summed E-state index contributed by atoms with van der Waals surface area (Å²) >= 11 is 0. The summed E-state index contributed by atoms with van der Waals surface area (Å²) in [5.74, 6) is -3.52. The highest BCUT2D eigenvalue weighted by Crippen LogP contribution is 2.11. The average molecular weight is 599 g/mol. The topological polar surface area (TPSA) is 207 Å². The number of amides is 7. The highest BCUT2D eigenvalue weighted by Gasteiger charge is 2.38. The molecule has 15 nitrogen and oxygen atoms in total. The Morgan fingerprint density at radius 1 is 0.714 bits per heavy atom. The fourth-order valence-corrected chi connectivity index (χ4v) is 3.48. The molecule has 7 N–H and O–H groups in total. The van der Waals surface area contributed by atoms with Crippen molar-refractivity contribution in [3.05, 3.63) is 0 Å². The molecular weight excluding hydrogens is 548 g/mol. The van der Waals surface area contributed by atoms with Gasteiger partial charge in [-0.2, -0.15) is 0 Å². The van der Waals surface area contributed by atoms with Crippen molar-refractivity contribution in [2.75, 3.05) is 40.3 Å². The molecule has 0 aliphatic rings. The first kappa shape index (κ1) is 38.2. The SMILES string of the molecule is CC(C)C[C@H](NC(=O)CNC(=O)C(C)(C)NC(=O)CNC=O)C(=O)NC(C)(C)C(=O)NC(C)(C)C(=O)NCCN(C)C. The number of nitrogens with one attached hydrogen (secondary N) is 7. The normalized spacial score (nSPS) is 12.6. The lowest BCUT2D eigenvalue weighted by Gasteiger charge is -2.33. The molecule has 0 heterocycles. The van der Waals surface area contributed by atoms with Gasteiger partial charge < -0.3 is 42.1 Å². The van der Waals surface area contributed by atoms with Crippen LogP contribution >= 0.6 is 0 Å². The van der Waals surface area contributed by atoms with Gasteiger partial charge in [-0.3, -0.25) is 33.6 Å². The fourth-order valence-electron chi connectivity index (χ4n) is 3.48. The number of carbonyl (C=O) groups excluding carboxylic acids is 7. The van der Waals surface area contributed by atoms with Crippen molar-refractivity contribution in [1.82, 2.24) is 42.1 Å². The molecule has 240 valence electrons. The highest BCUT2D eigenvalue weighted by molar-refractivity contribution is 5.98. The first-order valence-electron chi connectivity index (χ1n) is 13.8. The van der Waals surface area contributed by atoms with E-state index in [0.717, 1.165) is 0 Å². The monoisotopic (exact) mass is 598 g/mol. The van der Waals surface area contributed by atoms with Gasteiger partial charge in [0.2, 0.25) is 41.9 Å². The maximum atomic E-state index is 13.2. The molecule has 0 unspecified atom stereocenters. The van der Waals surface area contributed by atoms with Gasteiger partial charge in [-0.15, -0.1) is 0 Å². The van der Waals surface area contributed by atoms with Crippen LogP contribution in [0.1, 0.15) is 61.8 Å². The lowest BCUT2D eigenvalue weighted by molar-refractivity contribution is -0.138. The third kappa shape index (κ3) is 14.2. The van der Waals surface area contributed by atoms with Gasteiger partial charge in [0.25, 0.3) is 0 Å². The third-order valence-corrected chi connectivity index (χ3v) is 5.98. The van der Waals surface area contributed by atoms with E-state index in [0.29, 0.717) is 19.5 Å². The number of carbonyl (C=O) groups is 7. The van der Waals surface area contributed by atoms with E-state index >= 15 is 0 Å². The van der Waals surface area contributed by atoms with E-state index in [1.807, 2.05) is 32.8 Å². The Kier molecular flexibility index (Phi) is 15.1. The van der Waals surface area contributed by atoms with Gasteiger partial charge in [0.05, 0.1) is 13.1 Å². The predicted molar refractivity (Wildman–Crippen MR) is 157 cm³/mol. The molecule has 42 heavy (non-hydrogen) atoms. The van der Waals surface area contributed by atoms with Gasteiger partial charge in [0.1, 0.15) is 22.7 Å². The molecule has 1 atom stereocenters.